The van der Waals surface area contributed by atoms with E-state index in [1.165, 1.54) is 4.74 Å². The summed E-state index contributed by atoms with van der Waals surface area (Å²) in [5.74, 6) is -24.1. The summed E-state index contributed by atoms with van der Waals surface area (Å²) in [7, 11) is 0. The molecule has 0 saturated heterocycles. The zero-order chi connectivity index (χ0) is 27.8. The summed E-state index contributed by atoms with van der Waals surface area (Å²) in [6.45, 7) is -3.14. The number of ether oxygens (including phenoxy) is 3. The van der Waals surface area contributed by atoms with Gasteiger partial charge in [-0.25, -0.2) is 0 Å². The minimum absolute atomic E-state index is 0.424. The number of rotatable bonds is 10. The van der Waals surface area contributed by atoms with E-state index in [0.29, 0.717) is 0 Å². The smallest absolute Gasteiger partial charge is 0.459 e. The first-order valence-electron chi connectivity index (χ1n) is 7.45. The van der Waals surface area contributed by atoms with Crippen LogP contribution in [0.25, 0.3) is 0 Å². The van der Waals surface area contributed by atoms with E-state index in [2.05, 4.69) is 20.7 Å². The lowest BCUT2D eigenvalue weighted by Crippen LogP contribution is -2.67. The van der Waals surface area contributed by atoms with Gasteiger partial charge in [-0.1, -0.05) is 15.9 Å². The van der Waals surface area contributed by atoms with E-state index < -0.39 is 72.7 Å². The maximum atomic E-state index is 13.9. The molecule has 4 nitrogen and oxygen atoms in total. The maximum absolute atomic E-state index is 13.9. The van der Waals surface area contributed by atoms with E-state index in [9.17, 15) is 79.4 Å². The van der Waals surface area contributed by atoms with Crippen LogP contribution >= 0.6 is 15.9 Å². The zero-order valence-corrected chi connectivity index (χ0v) is 16.6. The van der Waals surface area contributed by atoms with Crippen LogP contribution in [-0.4, -0.2) is 66.3 Å². The molecule has 0 fully saturated rings. The summed E-state index contributed by atoms with van der Waals surface area (Å²) in [5.41, 5.74) is 0. The molecule has 0 spiro atoms. The second-order valence-electron chi connectivity index (χ2n) is 5.73. The number of hydrogen-bond donors (Lipinski definition) is 0. The van der Waals surface area contributed by atoms with Crippen molar-refractivity contribution in [2.45, 2.75) is 54.8 Å². The summed E-state index contributed by atoms with van der Waals surface area (Å²) in [5, 5.41) is -0.424. The molecule has 0 amide bonds. The van der Waals surface area contributed by atoms with Gasteiger partial charge in [0.1, 0.15) is 0 Å². The van der Waals surface area contributed by atoms with Gasteiger partial charge in [-0.2, -0.15) is 74.6 Å². The summed E-state index contributed by atoms with van der Waals surface area (Å²) >= 11 is 2.49. The van der Waals surface area contributed by atoms with Gasteiger partial charge in [-0.15, -0.1) is 0 Å². The lowest BCUT2D eigenvalue weighted by atomic mass is 10.2. The van der Waals surface area contributed by atoms with E-state index in [0.717, 1.165) is 0 Å². The van der Waals surface area contributed by atoms with Crippen LogP contribution in [0.2, 0.25) is 0 Å². The fraction of sp³-hybridized carbons (Fsp3) is 0.917. The fourth-order valence-corrected chi connectivity index (χ4v) is 1.77. The van der Waals surface area contributed by atoms with Crippen molar-refractivity contribution in [3.05, 3.63) is 0 Å². The maximum Gasteiger partial charge on any atom is 0.462 e. The van der Waals surface area contributed by atoms with E-state index >= 15 is 0 Å². The Kier molecular flexibility index (Phi) is 9.24. The average molecular weight is 617 g/mol. The van der Waals surface area contributed by atoms with Crippen molar-refractivity contribution in [3.8, 4) is 0 Å². The summed E-state index contributed by atoms with van der Waals surface area (Å²) in [4.78, 5) is 10.9. The Balaban J connectivity index is 6.50. The van der Waals surface area contributed by atoms with Gasteiger partial charge in [0.05, 0.1) is 6.42 Å². The second kappa shape index (κ2) is 9.62. The van der Waals surface area contributed by atoms with Crippen molar-refractivity contribution in [2.24, 2.45) is 0 Å². The third-order valence-corrected chi connectivity index (χ3v) is 3.56. The molecular formula is C12H6BrF17O4. The van der Waals surface area contributed by atoms with Crippen molar-refractivity contribution in [1.29, 1.82) is 0 Å². The van der Waals surface area contributed by atoms with E-state index in [1.807, 2.05) is 4.74 Å². The van der Waals surface area contributed by atoms with Crippen molar-refractivity contribution < 1.29 is 93.6 Å². The lowest BCUT2D eigenvalue weighted by Gasteiger charge is -2.40. The van der Waals surface area contributed by atoms with Gasteiger partial charge in [-0.3, -0.25) is 14.3 Å². The SMILES string of the molecule is O=C(CCBr)OCC(F)(OC(F)(F)C(F)(OC(F)(F)C(F)(F)C(F)(F)F)C(F)(F)F)C(F)(F)F. The van der Waals surface area contributed by atoms with Crippen LogP contribution in [0.5, 0.6) is 0 Å². The van der Waals surface area contributed by atoms with Crippen LogP contribution in [0, 0.1) is 0 Å². The molecule has 2 atom stereocenters. The molecule has 0 aromatic carbocycles. The molecule has 0 radical (unpaired) electrons. The van der Waals surface area contributed by atoms with Gasteiger partial charge in [0.15, 0.2) is 6.61 Å². The lowest BCUT2D eigenvalue weighted by molar-refractivity contribution is -0.552. The van der Waals surface area contributed by atoms with Crippen molar-refractivity contribution >= 4 is 21.9 Å². The molecular weight excluding hydrogens is 611 g/mol. The Morgan fingerprint density at radius 1 is 0.618 bits per heavy atom. The Labute approximate surface area is 183 Å². The van der Waals surface area contributed by atoms with E-state index in [4.69, 9.17) is 0 Å². The molecule has 22 heteroatoms. The van der Waals surface area contributed by atoms with Crippen molar-refractivity contribution in [3.63, 3.8) is 0 Å². The Bertz CT molecular complexity index is 717. The number of carbonyl (C=O) groups is 1. The molecule has 0 heterocycles. The predicted molar refractivity (Wildman–Crippen MR) is 72.2 cm³/mol. The molecule has 0 aliphatic carbocycles. The highest BCUT2D eigenvalue weighted by molar-refractivity contribution is 9.09. The number of halogens is 18. The number of hydrogen-bond acceptors (Lipinski definition) is 4. The number of esters is 1. The minimum Gasteiger partial charge on any atom is -0.459 e. The number of alkyl halides is 18. The first kappa shape index (κ1) is 32.7. The molecule has 0 N–H and O–H groups in total. The molecule has 2 unspecified atom stereocenters. The molecule has 204 valence electrons. The van der Waals surface area contributed by atoms with Gasteiger partial charge in [-0.05, 0) is 0 Å². The first-order valence-corrected chi connectivity index (χ1v) is 8.57. The minimum atomic E-state index is -7.97. The molecule has 0 bridgehead atoms. The Hall–Kier alpha value is -1.32. The Morgan fingerprint density at radius 3 is 1.38 bits per heavy atom. The van der Waals surface area contributed by atoms with E-state index in [1.54, 1.807) is 0 Å². The van der Waals surface area contributed by atoms with Gasteiger partial charge in [0.2, 0.25) is 0 Å². The average Bonchev–Trinajstić information content (AvgIpc) is 2.56. The molecule has 34 heavy (non-hydrogen) atoms. The van der Waals surface area contributed by atoms with Gasteiger partial charge in [0, 0.05) is 5.33 Å². The highest BCUT2D eigenvalue weighted by Crippen LogP contribution is 2.56. The highest BCUT2D eigenvalue weighted by Gasteiger charge is 2.85. The zero-order valence-electron chi connectivity index (χ0n) is 15.1. The molecule has 0 aliphatic rings. The fourth-order valence-electron chi connectivity index (χ4n) is 1.45. The summed E-state index contributed by atoms with van der Waals surface area (Å²) < 4.78 is 226. The van der Waals surface area contributed by atoms with Gasteiger partial charge in [0.25, 0.3) is 0 Å². The monoisotopic (exact) mass is 616 g/mol. The molecule has 0 aromatic heterocycles. The Morgan fingerprint density at radius 2 is 1.06 bits per heavy atom. The number of carbonyl (C=O) groups excluding carboxylic acids is 1. The summed E-state index contributed by atoms with van der Waals surface area (Å²) in [6, 6.07) is 0. The second-order valence-corrected chi connectivity index (χ2v) is 6.52. The van der Waals surface area contributed by atoms with E-state index in [-0.39, 0.29) is 0 Å². The van der Waals surface area contributed by atoms with Crippen LogP contribution < -0.4 is 0 Å². The molecule has 0 aliphatic heterocycles. The molecule has 0 rings (SSSR count). The van der Waals surface area contributed by atoms with Crippen LogP contribution in [0.1, 0.15) is 6.42 Å². The molecule has 0 saturated carbocycles. The van der Waals surface area contributed by atoms with Crippen LogP contribution in [-0.2, 0) is 19.0 Å². The normalized spacial score (nSPS) is 18.3. The molecule has 0 aromatic rings. The third kappa shape index (κ3) is 6.46. The first-order chi connectivity index (χ1) is 14.6. The van der Waals surface area contributed by atoms with Crippen LogP contribution in [0.4, 0.5) is 74.6 Å². The third-order valence-electron chi connectivity index (χ3n) is 3.16. The predicted octanol–water partition coefficient (Wildman–Crippen LogP) is 6.19. The van der Waals surface area contributed by atoms with Crippen LogP contribution in [0.3, 0.4) is 0 Å². The highest BCUT2D eigenvalue weighted by atomic mass is 79.9. The van der Waals surface area contributed by atoms with Crippen molar-refractivity contribution in [2.75, 3.05) is 11.9 Å². The standard InChI is InChI=1S/C12H6BrF17O4/c13-2-1-4(31)32-3-5(14,8(18,19)20)33-12(29,30)7(17,10(24,25)26)34-11(27,28)6(15,16)9(21,22)23/h1-3H2. The largest absolute Gasteiger partial charge is 0.462 e. The van der Waals surface area contributed by atoms with Crippen LogP contribution in [0.15, 0.2) is 0 Å². The van der Waals surface area contributed by atoms with Gasteiger partial charge >= 0.3 is 54.3 Å². The van der Waals surface area contributed by atoms with Crippen molar-refractivity contribution in [1.82, 2.24) is 0 Å². The summed E-state index contributed by atoms with van der Waals surface area (Å²) in [6.07, 6.45) is -39.0. The van der Waals surface area contributed by atoms with Gasteiger partial charge < -0.3 is 4.74 Å². The quantitative estimate of drug-likeness (QED) is 0.167. The topological polar surface area (TPSA) is 44.8 Å².